The number of nitrogens with zero attached hydrogens (tertiary/aromatic N) is 1. The highest BCUT2D eigenvalue weighted by molar-refractivity contribution is 5.93. The molecule has 3 rings (SSSR count). The number of nitrogens with one attached hydrogen (secondary N) is 1. The van der Waals surface area contributed by atoms with Gasteiger partial charge in [0.15, 0.2) is 12.7 Å². The highest BCUT2D eigenvalue weighted by Crippen LogP contribution is 2.21. The van der Waals surface area contributed by atoms with Crippen LogP contribution in [0.5, 0.6) is 5.75 Å². The molecule has 1 heterocycles. The zero-order valence-corrected chi connectivity index (χ0v) is 16.1. The average Bonchev–Trinajstić information content (AvgIpc) is 2.74. The molecule has 1 N–H and O–H groups in total. The minimum atomic E-state index is -0.793. The Bertz CT molecular complexity index is 771. The molecule has 1 saturated heterocycles. The first-order valence-electron chi connectivity index (χ1n) is 9.65. The summed E-state index contributed by atoms with van der Waals surface area (Å²) in [6, 6.07) is 16.7. The van der Waals surface area contributed by atoms with Crippen LogP contribution in [0.4, 0.5) is 11.4 Å². The molecule has 2 aromatic carbocycles. The topological polar surface area (TPSA) is 67.9 Å². The molecular weight excluding hydrogens is 356 g/mol. The summed E-state index contributed by atoms with van der Waals surface area (Å²) in [5.74, 6) is -0.393. The van der Waals surface area contributed by atoms with Gasteiger partial charge in [0.1, 0.15) is 5.75 Å². The lowest BCUT2D eigenvalue weighted by atomic mass is 10.1. The molecule has 1 atom stereocenters. The Morgan fingerprint density at radius 3 is 2.36 bits per heavy atom. The maximum absolute atomic E-state index is 12.0. The standard InChI is InChI=1S/C22H26N2O4/c1-17(28-20-8-4-2-5-9-20)22(26)27-16-21(25)23-18-10-12-19(13-11-18)24-14-6-3-7-15-24/h2,4-5,8-13,17H,3,6-7,14-16H2,1H3,(H,23,25)/t17-/m1/s1. The number of hydrogen-bond acceptors (Lipinski definition) is 5. The highest BCUT2D eigenvalue weighted by Gasteiger charge is 2.18. The van der Waals surface area contributed by atoms with Crippen LogP contribution in [0.3, 0.4) is 0 Å². The van der Waals surface area contributed by atoms with Crippen LogP contribution in [0, 0.1) is 0 Å². The van der Waals surface area contributed by atoms with Crippen molar-refractivity contribution >= 4 is 23.3 Å². The second kappa shape index (κ2) is 9.78. The van der Waals surface area contributed by atoms with Crippen molar-refractivity contribution in [1.82, 2.24) is 0 Å². The predicted octanol–water partition coefficient (Wildman–Crippen LogP) is 3.63. The Labute approximate surface area is 165 Å². The molecule has 148 valence electrons. The summed E-state index contributed by atoms with van der Waals surface area (Å²) in [5, 5.41) is 2.74. The molecule has 0 aromatic heterocycles. The fraction of sp³-hybridized carbons (Fsp3) is 0.364. The fourth-order valence-electron chi connectivity index (χ4n) is 3.11. The molecule has 0 saturated carbocycles. The molecule has 1 fully saturated rings. The van der Waals surface area contributed by atoms with Gasteiger partial charge < -0.3 is 19.7 Å². The SMILES string of the molecule is C[C@@H](Oc1ccccc1)C(=O)OCC(=O)Nc1ccc(N2CCCCC2)cc1. The van der Waals surface area contributed by atoms with Gasteiger partial charge in [0.05, 0.1) is 0 Å². The van der Waals surface area contributed by atoms with Crippen molar-refractivity contribution in [3.8, 4) is 5.75 Å². The first-order chi connectivity index (χ1) is 13.6. The smallest absolute Gasteiger partial charge is 0.347 e. The monoisotopic (exact) mass is 382 g/mol. The second-order valence-corrected chi connectivity index (χ2v) is 6.82. The fourth-order valence-corrected chi connectivity index (χ4v) is 3.11. The number of ether oxygens (including phenoxy) is 2. The van der Waals surface area contributed by atoms with Gasteiger partial charge >= 0.3 is 5.97 Å². The van der Waals surface area contributed by atoms with E-state index in [1.165, 1.54) is 19.3 Å². The second-order valence-electron chi connectivity index (χ2n) is 6.82. The Kier molecular flexibility index (Phi) is 6.89. The lowest BCUT2D eigenvalue weighted by Crippen LogP contribution is -2.30. The van der Waals surface area contributed by atoms with E-state index in [-0.39, 0.29) is 12.5 Å². The van der Waals surface area contributed by atoms with Crippen LogP contribution in [0.2, 0.25) is 0 Å². The number of rotatable bonds is 7. The summed E-state index contributed by atoms with van der Waals surface area (Å²) in [5.41, 5.74) is 1.84. The van der Waals surface area contributed by atoms with Gasteiger partial charge in [-0.3, -0.25) is 4.79 Å². The minimum Gasteiger partial charge on any atom is -0.479 e. The van der Waals surface area contributed by atoms with E-state index < -0.39 is 12.1 Å². The molecular formula is C22H26N2O4. The summed E-state index contributed by atoms with van der Waals surface area (Å²) in [6.45, 7) is 3.39. The van der Waals surface area contributed by atoms with E-state index in [2.05, 4.69) is 10.2 Å². The van der Waals surface area contributed by atoms with Crippen LogP contribution in [-0.4, -0.2) is 37.7 Å². The van der Waals surface area contributed by atoms with Gasteiger partial charge in [-0.05, 0) is 62.6 Å². The van der Waals surface area contributed by atoms with E-state index in [4.69, 9.17) is 9.47 Å². The number of para-hydroxylation sites is 1. The summed E-state index contributed by atoms with van der Waals surface area (Å²) in [4.78, 5) is 26.4. The van der Waals surface area contributed by atoms with Gasteiger partial charge in [-0.15, -0.1) is 0 Å². The van der Waals surface area contributed by atoms with Crippen molar-refractivity contribution in [1.29, 1.82) is 0 Å². The van der Waals surface area contributed by atoms with Gasteiger partial charge in [0.25, 0.3) is 5.91 Å². The number of benzene rings is 2. The third-order valence-electron chi connectivity index (χ3n) is 4.61. The van der Waals surface area contributed by atoms with Gasteiger partial charge in [-0.2, -0.15) is 0 Å². The number of carbonyl (C=O) groups is 2. The molecule has 0 bridgehead atoms. The van der Waals surface area contributed by atoms with Crippen molar-refractivity contribution in [3.63, 3.8) is 0 Å². The molecule has 0 spiro atoms. The maximum atomic E-state index is 12.0. The van der Waals surface area contributed by atoms with E-state index in [1.54, 1.807) is 19.1 Å². The molecule has 6 heteroatoms. The molecule has 1 amide bonds. The highest BCUT2D eigenvalue weighted by atomic mass is 16.6. The van der Waals surface area contributed by atoms with Crippen molar-refractivity contribution in [3.05, 3.63) is 54.6 Å². The number of amides is 1. The molecule has 1 aliphatic rings. The zero-order chi connectivity index (χ0) is 19.8. The van der Waals surface area contributed by atoms with Crippen molar-refractivity contribution in [2.24, 2.45) is 0 Å². The zero-order valence-electron chi connectivity index (χ0n) is 16.1. The normalized spacial score (nSPS) is 14.8. The Hall–Kier alpha value is -3.02. The van der Waals surface area contributed by atoms with E-state index in [0.29, 0.717) is 11.4 Å². The van der Waals surface area contributed by atoms with Crippen molar-refractivity contribution in [2.45, 2.75) is 32.3 Å². The molecule has 28 heavy (non-hydrogen) atoms. The largest absolute Gasteiger partial charge is 0.479 e. The predicted molar refractivity (Wildman–Crippen MR) is 109 cm³/mol. The third kappa shape index (κ3) is 5.74. The van der Waals surface area contributed by atoms with Gasteiger partial charge in [-0.1, -0.05) is 18.2 Å². The summed E-state index contributed by atoms with van der Waals surface area (Å²) in [7, 11) is 0. The Morgan fingerprint density at radius 2 is 1.68 bits per heavy atom. The molecule has 0 radical (unpaired) electrons. The molecule has 0 aliphatic carbocycles. The van der Waals surface area contributed by atoms with Crippen LogP contribution in [0.15, 0.2) is 54.6 Å². The molecule has 6 nitrogen and oxygen atoms in total. The Balaban J connectivity index is 1.42. The summed E-state index contributed by atoms with van der Waals surface area (Å²) < 4.78 is 10.5. The van der Waals surface area contributed by atoms with Crippen molar-refractivity contribution < 1.29 is 19.1 Å². The Morgan fingerprint density at radius 1 is 1.00 bits per heavy atom. The van der Waals surface area contributed by atoms with E-state index >= 15 is 0 Å². The number of anilines is 2. The minimum absolute atomic E-state index is 0.352. The molecule has 2 aromatic rings. The summed E-state index contributed by atoms with van der Waals surface area (Å²) in [6.07, 6.45) is 2.93. The maximum Gasteiger partial charge on any atom is 0.347 e. The lowest BCUT2D eigenvalue weighted by Gasteiger charge is -2.28. The van der Waals surface area contributed by atoms with E-state index in [0.717, 1.165) is 18.8 Å². The van der Waals surface area contributed by atoms with Crippen LogP contribution >= 0.6 is 0 Å². The van der Waals surface area contributed by atoms with Gasteiger partial charge in [0.2, 0.25) is 0 Å². The summed E-state index contributed by atoms with van der Waals surface area (Å²) >= 11 is 0. The number of esters is 1. The van der Waals surface area contributed by atoms with Gasteiger partial charge in [-0.25, -0.2) is 4.79 Å². The number of piperidine rings is 1. The van der Waals surface area contributed by atoms with Crippen LogP contribution in [0.25, 0.3) is 0 Å². The van der Waals surface area contributed by atoms with Crippen molar-refractivity contribution in [2.75, 3.05) is 29.9 Å². The van der Waals surface area contributed by atoms with E-state index in [1.807, 2.05) is 42.5 Å². The quantitative estimate of drug-likeness (QED) is 0.741. The first-order valence-corrected chi connectivity index (χ1v) is 9.65. The molecule has 0 unspecified atom stereocenters. The number of carbonyl (C=O) groups excluding carboxylic acids is 2. The van der Waals surface area contributed by atoms with Gasteiger partial charge in [0, 0.05) is 24.5 Å². The van der Waals surface area contributed by atoms with Crippen LogP contribution in [-0.2, 0) is 14.3 Å². The van der Waals surface area contributed by atoms with Crippen LogP contribution < -0.4 is 15.0 Å². The number of hydrogen-bond donors (Lipinski definition) is 1. The third-order valence-corrected chi connectivity index (χ3v) is 4.61. The molecule has 1 aliphatic heterocycles. The average molecular weight is 382 g/mol. The van der Waals surface area contributed by atoms with E-state index in [9.17, 15) is 9.59 Å². The first kappa shape index (κ1) is 19.7. The van der Waals surface area contributed by atoms with Crippen LogP contribution in [0.1, 0.15) is 26.2 Å². The lowest BCUT2D eigenvalue weighted by molar-refractivity contribution is -0.153.